The lowest BCUT2D eigenvalue weighted by Crippen LogP contribution is -2.26. The molecule has 0 spiro atoms. The molecule has 0 saturated heterocycles. The van der Waals surface area contributed by atoms with E-state index in [1.165, 1.54) is 0 Å². The first-order valence-electron chi connectivity index (χ1n) is 8.14. The first-order valence-corrected chi connectivity index (χ1v) is 8.14. The Morgan fingerprint density at radius 1 is 1.04 bits per heavy atom. The van der Waals surface area contributed by atoms with Crippen LogP contribution >= 0.6 is 0 Å². The number of ether oxygens (including phenoxy) is 2. The van der Waals surface area contributed by atoms with Gasteiger partial charge in [-0.05, 0) is 61.0 Å². The molecule has 2 aromatic carbocycles. The van der Waals surface area contributed by atoms with E-state index in [1.54, 1.807) is 50.4 Å². The van der Waals surface area contributed by atoms with Gasteiger partial charge in [0.15, 0.2) is 6.61 Å². The minimum atomic E-state index is -1.04. The lowest BCUT2D eigenvalue weighted by molar-refractivity contribution is -0.139. The van der Waals surface area contributed by atoms with E-state index in [1.807, 2.05) is 12.1 Å². The van der Waals surface area contributed by atoms with E-state index in [0.717, 1.165) is 17.0 Å². The molecule has 0 atom stereocenters. The van der Waals surface area contributed by atoms with Gasteiger partial charge in [0.1, 0.15) is 11.5 Å². The Morgan fingerprint density at radius 2 is 1.67 bits per heavy atom. The highest BCUT2D eigenvalue weighted by Gasteiger charge is 2.04. The molecule has 0 bridgehead atoms. The molecule has 3 N–H and O–H groups in total. The van der Waals surface area contributed by atoms with Crippen molar-refractivity contribution in [3.05, 3.63) is 54.1 Å². The van der Waals surface area contributed by atoms with Crippen molar-refractivity contribution in [2.24, 2.45) is 5.10 Å². The summed E-state index contributed by atoms with van der Waals surface area (Å²) in [5.41, 5.74) is 4.66. The third-order valence-corrected chi connectivity index (χ3v) is 3.53. The zero-order valence-electron chi connectivity index (χ0n) is 15.1. The molecule has 0 aliphatic heterocycles. The lowest BCUT2D eigenvalue weighted by atomic mass is 10.1. The van der Waals surface area contributed by atoms with Gasteiger partial charge in [0.05, 0.1) is 19.4 Å². The predicted octanol–water partition coefficient (Wildman–Crippen LogP) is 2.11. The van der Waals surface area contributed by atoms with Crippen molar-refractivity contribution >= 4 is 23.3 Å². The predicted molar refractivity (Wildman–Crippen MR) is 101 cm³/mol. The number of carboxylic acid groups (broad SMARTS) is 1. The third-order valence-electron chi connectivity index (χ3n) is 3.53. The highest BCUT2D eigenvalue weighted by molar-refractivity contribution is 5.99. The molecule has 0 aromatic heterocycles. The molecule has 142 valence electrons. The van der Waals surface area contributed by atoms with Gasteiger partial charge >= 0.3 is 5.97 Å². The summed E-state index contributed by atoms with van der Waals surface area (Å²) in [4.78, 5) is 22.4. The number of hydrogen-bond donors (Lipinski definition) is 3. The maximum atomic E-state index is 11.9. The molecule has 27 heavy (non-hydrogen) atoms. The summed E-state index contributed by atoms with van der Waals surface area (Å²) in [6.45, 7) is 1.43. The number of carbonyl (C=O) groups is 2. The number of carboxylic acids is 1. The van der Waals surface area contributed by atoms with Gasteiger partial charge in [-0.3, -0.25) is 4.79 Å². The fourth-order valence-corrected chi connectivity index (χ4v) is 2.08. The van der Waals surface area contributed by atoms with Gasteiger partial charge in [-0.25, -0.2) is 10.2 Å². The van der Waals surface area contributed by atoms with Crippen LogP contribution in [0.2, 0.25) is 0 Å². The van der Waals surface area contributed by atoms with Crippen LogP contribution in [-0.2, 0) is 9.59 Å². The molecule has 0 fully saturated rings. The van der Waals surface area contributed by atoms with Crippen LogP contribution < -0.4 is 20.2 Å². The largest absolute Gasteiger partial charge is 0.497 e. The summed E-state index contributed by atoms with van der Waals surface area (Å²) in [5.74, 6) is -0.138. The normalized spacial score (nSPS) is 10.8. The van der Waals surface area contributed by atoms with Crippen LogP contribution in [0.25, 0.3) is 0 Å². The van der Waals surface area contributed by atoms with E-state index in [0.29, 0.717) is 11.5 Å². The summed E-state index contributed by atoms with van der Waals surface area (Å²) in [6, 6.07) is 14.0. The van der Waals surface area contributed by atoms with E-state index in [-0.39, 0.29) is 12.5 Å². The molecule has 0 unspecified atom stereocenters. The van der Waals surface area contributed by atoms with E-state index in [9.17, 15) is 9.59 Å². The molecular weight excluding hydrogens is 350 g/mol. The summed E-state index contributed by atoms with van der Waals surface area (Å²) < 4.78 is 10.1. The quantitative estimate of drug-likeness (QED) is 0.460. The fraction of sp³-hybridized carbons (Fsp3) is 0.211. The Morgan fingerprint density at radius 3 is 2.26 bits per heavy atom. The van der Waals surface area contributed by atoms with Crippen molar-refractivity contribution in [1.82, 2.24) is 5.43 Å². The van der Waals surface area contributed by atoms with Crippen molar-refractivity contribution in [3.8, 4) is 11.5 Å². The van der Waals surface area contributed by atoms with E-state index >= 15 is 0 Å². The summed E-state index contributed by atoms with van der Waals surface area (Å²) in [7, 11) is 1.59. The molecule has 0 aliphatic rings. The number of methoxy groups -OCH3 is 1. The number of amides is 1. The molecule has 0 saturated carbocycles. The topological polar surface area (TPSA) is 109 Å². The number of hydrogen-bond acceptors (Lipinski definition) is 6. The Hall–Kier alpha value is -3.55. The van der Waals surface area contributed by atoms with Crippen molar-refractivity contribution in [2.75, 3.05) is 25.6 Å². The summed E-state index contributed by atoms with van der Waals surface area (Å²) in [5, 5.41) is 15.6. The van der Waals surface area contributed by atoms with Crippen LogP contribution in [0.3, 0.4) is 0 Å². The fourth-order valence-electron chi connectivity index (χ4n) is 2.08. The number of hydrazone groups is 1. The molecule has 8 heteroatoms. The minimum Gasteiger partial charge on any atom is -0.497 e. The standard InChI is InChI=1S/C19H21N3O5/c1-13(14-3-7-17(8-4-14)27-12-19(24)25)21-22-18(23)11-20-15-5-9-16(26-2)10-6-15/h3-10,20H,11-12H2,1-2H3,(H,22,23)(H,24,25)/b21-13-. The average molecular weight is 371 g/mol. The molecule has 0 heterocycles. The average Bonchev–Trinajstić information content (AvgIpc) is 2.69. The second-order valence-electron chi connectivity index (χ2n) is 5.52. The Labute approximate surface area is 156 Å². The van der Waals surface area contributed by atoms with Crippen LogP contribution in [0.15, 0.2) is 53.6 Å². The van der Waals surface area contributed by atoms with Gasteiger partial charge in [-0.1, -0.05) is 0 Å². The Bertz CT molecular complexity index is 801. The molecule has 8 nitrogen and oxygen atoms in total. The van der Waals surface area contributed by atoms with E-state index in [2.05, 4.69) is 15.8 Å². The summed E-state index contributed by atoms with van der Waals surface area (Å²) >= 11 is 0. The molecular formula is C19H21N3O5. The number of nitrogens with zero attached hydrogens (tertiary/aromatic N) is 1. The molecule has 0 radical (unpaired) electrons. The first kappa shape index (κ1) is 19.8. The molecule has 2 rings (SSSR count). The van der Waals surface area contributed by atoms with Crippen LogP contribution in [0.1, 0.15) is 12.5 Å². The van der Waals surface area contributed by atoms with Crippen LogP contribution in [-0.4, -0.2) is 43.0 Å². The van der Waals surface area contributed by atoms with Gasteiger partial charge in [0, 0.05) is 5.69 Å². The van der Waals surface area contributed by atoms with Gasteiger partial charge in [0.25, 0.3) is 5.91 Å². The van der Waals surface area contributed by atoms with Crippen LogP contribution in [0.4, 0.5) is 5.69 Å². The second-order valence-corrected chi connectivity index (χ2v) is 5.52. The van der Waals surface area contributed by atoms with E-state index in [4.69, 9.17) is 14.6 Å². The molecule has 0 aliphatic carbocycles. The van der Waals surface area contributed by atoms with Crippen molar-refractivity contribution in [3.63, 3.8) is 0 Å². The van der Waals surface area contributed by atoms with Crippen LogP contribution in [0, 0.1) is 0 Å². The van der Waals surface area contributed by atoms with Crippen LogP contribution in [0.5, 0.6) is 11.5 Å². The Kier molecular flexibility index (Phi) is 7.18. The lowest BCUT2D eigenvalue weighted by Gasteiger charge is -2.07. The molecule has 1 amide bonds. The maximum absolute atomic E-state index is 11.9. The third kappa shape index (κ3) is 6.69. The smallest absolute Gasteiger partial charge is 0.341 e. The monoisotopic (exact) mass is 371 g/mol. The van der Waals surface area contributed by atoms with Gasteiger partial charge < -0.3 is 19.9 Å². The second kappa shape index (κ2) is 9.81. The number of benzene rings is 2. The van der Waals surface area contributed by atoms with Gasteiger partial charge in [0.2, 0.25) is 0 Å². The molecule has 2 aromatic rings. The maximum Gasteiger partial charge on any atom is 0.341 e. The highest BCUT2D eigenvalue weighted by Crippen LogP contribution is 2.15. The number of aliphatic carboxylic acids is 1. The van der Waals surface area contributed by atoms with Gasteiger partial charge in [-0.15, -0.1) is 0 Å². The number of rotatable bonds is 9. The van der Waals surface area contributed by atoms with Crippen molar-refractivity contribution in [1.29, 1.82) is 0 Å². The Balaban J connectivity index is 1.82. The van der Waals surface area contributed by atoms with Crippen molar-refractivity contribution < 1.29 is 24.2 Å². The number of carbonyl (C=O) groups excluding carboxylic acids is 1. The minimum absolute atomic E-state index is 0.0745. The van der Waals surface area contributed by atoms with Crippen molar-refractivity contribution in [2.45, 2.75) is 6.92 Å². The SMILES string of the molecule is COc1ccc(NCC(=O)N/N=C(/C)c2ccc(OCC(=O)O)cc2)cc1. The zero-order valence-corrected chi connectivity index (χ0v) is 15.1. The van der Waals surface area contributed by atoms with Gasteiger partial charge in [-0.2, -0.15) is 5.10 Å². The first-order chi connectivity index (χ1) is 13.0. The number of nitrogens with one attached hydrogen (secondary N) is 2. The highest BCUT2D eigenvalue weighted by atomic mass is 16.5. The zero-order chi connectivity index (χ0) is 19.6. The summed E-state index contributed by atoms with van der Waals surface area (Å²) in [6.07, 6.45) is 0. The number of anilines is 1. The van der Waals surface area contributed by atoms with E-state index < -0.39 is 12.6 Å².